The number of anilines is 2. The molecular weight excluding hydrogens is 426 g/mol. The molecule has 4 N–H and O–H groups in total. The lowest BCUT2D eigenvalue weighted by atomic mass is 10.1. The van der Waals surface area contributed by atoms with Crippen molar-refractivity contribution < 1.29 is 9.59 Å². The number of carbonyl (C=O) groups is 2. The molecule has 0 unspecified atom stereocenters. The first-order chi connectivity index (χ1) is 16.6. The average molecular weight is 452 g/mol. The highest BCUT2D eigenvalue weighted by atomic mass is 16.2. The van der Waals surface area contributed by atoms with Crippen molar-refractivity contribution in [2.45, 2.75) is 19.4 Å². The number of nitrogen functional groups attached to an aromatic ring is 1. The molecule has 2 amide bonds. The average Bonchev–Trinajstić information content (AvgIpc) is 2.89. The van der Waals surface area contributed by atoms with Crippen LogP contribution >= 0.6 is 0 Å². The summed E-state index contributed by atoms with van der Waals surface area (Å²) in [6, 6.07) is 24.1. The van der Waals surface area contributed by atoms with Crippen molar-refractivity contribution in [1.82, 2.24) is 15.3 Å². The number of hydrogen-bond donors (Lipinski definition) is 3. The zero-order chi connectivity index (χ0) is 23.8. The number of benzene rings is 2. The van der Waals surface area contributed by atoms with Crippen LogP contribution in [0.2, 0.25) is 0 Å². The minimum Gasteiger partial charge on any atom is -0.396 e. The Morgan fingerprint density at radius 2 is 1.65 bits per heavy atom. The van der Waals surface area contributed by atoms with Gasteiger partial charge in [0.1, 0.15) is 0 Å². The van der Waals surface area contributed by atoms with Gasteiger partial charge in [-0.25, -0.2) is 4.98 Å². The molecule has 0 fully saturated rings. The summed E-state index contributed by atoms with van der Waals surface area (Å²) < 4.78 is 0. The molecule has 0 aliphatic carbocycles. The number of aromatic nitrogens is 2. The second-order valence-electron chi connectivity index (χ2n) is 7.79. The SMILES string of the molecule is Nc1ccc(-c2ccccc2)nc1NC(=O)c1ccc(CNC(=O)CCc2cccnc2)cc1. The Bertz CT molecular complexity index is 1260. The Morgan fingerprint density at radius 1 is 0.853 bits per heavy atom. The van der Waals surface area contributed by atoms with Gasteiger partial charge in [0, 0.05) is 36.5 Å². The normalized spacial score (nSPS) is 10.5. The second-order valence-corrected chi connectivity index (χ2v) is 7.79. The van der Waals surface area contributed by atoms with Crippen molar-refractivity contribution in [2.24, 2.45) is 0 Å². The second kappa shape index (κ2) is 10.9. The molecule has 7 heteroatoms. The summed E-state index contributed by atoms with van der Waals surface area (Å²) in [4.78, 5) is 33.4. The maximum atomic E-state index is 12.7. The Kier molecular flexibility index (Phi) is 7.25. The van der Waals surface area contributed by atoms with Crippen LogP contribution in [0.1, 0.15) is 27.9 Å². The van der Waals surface area contributed by atoms with Gasteiger partial charge in [-0.2, -0.15) is 0 Å². The lowest BCUT2D eigenvalue weighted by Gasteiger charge is -2.10. The van der Waals surface area contributed by atoms with Crippen LogP contribution < -0.4 is 16.4 Å². The van der Waals surface area contributed by atoms with Crippen molar-refractivity contribution >= 4 is 23.3 Å². The van der Waals surface area contributed by atoms with Gasteiger partial charge in [-0.1, -0.05) is 48.5 Å². The van der Waals surface area contributed by atoms with Gasteiger partial charge in [-0.15, -0.1) is 0 Å². The molecule has 4 aromatic rings. The fraction of sp³-hybridized carbons (Fsp3) is 0.111. The molecule has 2 aromatic heterocycles. The molecule has 2 heterocycles. The topological polar surface area (TPSA) is 110 Å². The number of pyridine rings is 2. The highest BCUT2D eigenvalue weighted by molar-refractivity contribution is 6.05. The van der Waals surface area contributed by atoms with Gasteiger partial charge in [0.15, 0.2) is 5.82 Å². The van der Waals surface area contributed by atoms with Crippen LogP contribution in [0.5, 0.6) is 0 Å². The van der Waals surface area contributed by atoms with Gasteiger partial charge in [-0.05, 0) is 47.9 Å². The van der Waals surface area contributed by atoms with E-state index in [1.165, 1.54) is 0 Å². The van der Waals surface area contributed by atoms with E-state index in [1.807, 2.05) is 60.7 Å². The third kappa shape index (κ3) is 6.04. The first-order valence-electron chi connectivity index (χ1n) is 11.0. The van der Waals surface area contributed by atoms with E-state index in [4.69, 9.17) is 5.73 Å². The molecule has 7 nitrogen and oxygen atoms in total. The quantitative estimate of drug-likeness (QED) is 0.371. The van der Waals surface area contributed by atoms with Crippen LogP contribution in [0.25, 0.3) is 11.3 Å². The molecule has 34 heavy (non-hydrogen) atoms. The third-order valence-corrected chi connectivity index (χ3v) is 5.30. The summed E-state index contributed by atoms with van der Waals surface area (Å²) in [6.45, 7) is 0.390. The smallest absolute Gasteiger partial charge is 0.256 e. The molecule has 170 valence electrons. The van der Waals surface area contributed by atoms with Crippen LogP contribution in [0.3, 0.4) is 0 Å². The maximum Gasteiger partial charge on any atom is 0.256 e. The fourth-order valence-electron chi connectivity index (χ4n) is 3.39. The lowest BCUT2D eigenvalue weighted by molar-refractivity contribution is -0.121. The van der Waals surface area contributed by atoms with E-state index in [9.17, 15) is 9.59 Å². The van der Waals surface area contributed by atoms with Crippen LogP contribution in [0.4, 0.5) is 11.5 Å². The summed E-state index contributed by atoms with van der Waals surface area (Å²) in [5.41, 5.74) is 10.5. The van der Waals surface area contributed by atoms with E-state index in [-0.39, 0.29) is 11.8 Å². The number of nitrogens with one attached hydrogen (secondary N) is 2. The number of nitrogens with zero attached hydrogens (tertiary/aromatic N) is 2. The molecule has 0 spiro atoms. The summed E-state index contributed by atoms with van der Waals surface area (Å²) in [5.74, 6) is -0.0294. The maximum absolute atomic E-state index is 12.7. The predicted molar refractivity (Wildman–Crippen MR) is 133 cm³/mol. The summed E-state index contributed by atoms with van der Waals surface area (Å²) in [5, 5.41) is 5.69. The van der Waals surface area contributed by atoms with E-state index >= 15 is 0 Å². The van der Waals surface area contributed by atoms with Gasteiger partial charge in [0.25, 0.3) is 5.91 Å². The van der Waals surface area contributed by atoms with Gasteiger partial charge < -0.3 is 16.4 Å². The summed E-state index contributed by atoms with van der Waals surface area (Å²) in [6.07, 6.45) is 4.50. The zero-order valence-electron chi connectivity index (χ0n) is 18.6. The summed E-state index contributed by atoms with van der Waals surface area (Å²) in [7, 11) is 0. The van der Waals surface area contributed by atoms with Crippen molar-refractivity contribution in [2.75, 3.05) is 11.1 Å². The molecule has 0 saturated heterocycles. The summed E-state index contributed by atoms with van der Waals surface area (Å²) >= 11 is 0. The van der Waals surface area contributed by atoms with E-state index in [0.717, 1.165) is 22.4 Å². The number of nitrogens with two attached hydrogens (primary N) is 1. The zero-order valence-corrected chi connectivity index (χ0v) is 18.6. The van der Waals surface area contributed by atoms with Gasteiger partial charge in [0.2, 0.25) is 5.91 Å². The highest BCUT2D eigenvalue weighted by Crippen LogP contribution is 2.23. The number of rotatable bonds is 8. The Hall–Kier alpha value is -4.52. The number of hydrogen-bond acceptors (Lipinski definition) is 5. The minimum absolute atomic E-state index is 0.0366. The van der Waals surface area contributed by atoms with E-state index in [2.05, 4.69) is 20.6 Å². The molecule has 0 aliphatic heterocycles. The number of amides is 2. The molecule has 0 saturated carbocycles. The van der Waals surface area contributed by atoms with Crippen molar-refractivity contribution in [1.29, 1.82) is 0 Å². The predicted octanol–water partition coefficient (Wildman–Crippen LogP) is 4.23. The molecule has 0 atom stereocenters. The highest BCUT2D eigenvalue weighted by Gasteiger charge is 2.11. The van der Waals surface area contributed by atoms with E-state index in [1.54, 1.807) is 30.6 Å². The van der Waals surface area contributed by atoms with Gasteiger partial charge in [0.05, 0.1) is 11.4 Å². The van der Waals surface area contributed by atoms with Crippen molar-refractivity contribution in [3.05, 3.63) is 108 Å². The first kappa shape index (κ1) is 22.7. The standard InChI is InChI=1S/C27H25N5O2/c28-23-13-14-24(21-6-2-1-3-7-21)31-26(23)32-27(34)22-11-8-20(9-12-22)18-30-25(33)15-10-19-5-4-16-29-17-19/h1-9,11-14,16-17H,10,15,18,28H2,(H,30,33)(H,31,32,34). The fourth-order valence-corrected chi connectivity index (χ4v) is 3.39. The number of aryl methyl sites for hydroxylation is 1. The Balaban J connectivity index is 1.32. The van der Waals surface area contributed by atoms with Gasteiger partial charge in [-0.3, -0.25) is 14.6 Å². The van der Waals surface area contributed by atoms with Gasteiger partial charge >= 0.3 is 0 Å². The Labute approximate surface area is 198 Å². The van der Waals surface area contributed by atoms with E-state index < -0.39 is 0 Å². The van der Waals surface area contributed by atoms with Crippen LogP contribution in [-0.4, -0.2) is 21.8 Å². The lowest BCUT2D eigenvalue weighted by Crippen LogP contribution is -2.23. The Morgan fingerprint density at radius 3 is 2.38 bits per heavy atom. The van der Waals surface area contributed by atoms with Crippen LogP contribution in [-0.2, 0) is 17.8 Å². The van der Waals surface area contributed by atoms with Crippen molar-refractivity contribution in [3.8, 4) is 11.3 Å². The third-order valence-electron chi connectivity index (χ3n) is 5.30. The molecular formula is C27H25N5O2. The first-order valence-corrected chi connectivity index (χ1v) is 11.0. The van der Waals surface area contributed by atoms with Crippen molar-refractivity contribution in [3.63, 3.8) is 0 Å². The molecule has 0 radical (unpaired) electrons. The molecule has 0 bridgehead atoms. The van der Waals surface area contributed by atoms with E-state index in [0.29, 0.717) is 36.5 Å². The largest absolute Gasteiger partial charge is 0.396 e. The van der Waals surface area contributed by atoms with Crippen LogP contribution in [0, 0.1) is 0 Å². The molecule has 0 aliphatic rings. The monoisotopic (exact) mass is 451 g/mol. The minimum atomic E-state index is -0.309. The van der Waals surface area contributed by atoms with Crippen LogP contribution in [0.15, 0.2) is 91.3 Å². The molecule has 4 rings (SSSR count). The number of carbonyl (C=O) groups excluding carboxylic acids is 2. The molecule has 2 aromatic carbocycles.